The molecule has 0 aliphatic rings. The van der Waals surface area contributed by atoms with E-state index in [4.69, 9.17) is 4.74 Å². The number of hydrogen-bond donors (Lipinski definition) is 0. The molecule has 0 saturated carbocycles. The van der Waals surface area contributed by atoms with E-state index in [1.807, 2.05) is 0 Å². The van der Waals surface area contributed by atoms with E-state index in [0.717, 1.165) is 38.5 Å². The Morgan fingerprint density at radius 1 is 0.773 bits per heavy atom. The highest BCUT2D eigenvalue weighted by molar-refractivity contribution is 4.79. The lowest BCUT2D eigenvalue weighted by atomic mass is 9.75. The summed E-state index contributed by atoms with van der Waals surface area (Å²) in [7, 11) is 0. The van der Waals surface area contributed by atoms with Crippen LogP contribution in [0.15, 0.2) is 0 Å². The molecular weight excluding hydrogens is 272 g/mol. The summed E-state index contributed by atoms with van der Waals surface area (Å²) < 4.78 is 5.84. The van der Waals surface area contributed by atoms with Gasteiger partial charge >= 0.3 is 0 Å². The van der Waals surface area contributed by atoms with E-state index in [2.05, 4.69) is 41.5 Å². The van der Waals surface area contributed by atoms with Gasteiger partial charge in [-0.05, 0) is 36.5 Å². The maximum Gasteiger partial charge on any atom is 0.191 e. The molecule has 0 bridgehead atoms. The van der Waals surface area contributed by atoms with E-state index in [9.17, 15) is 5.11 Å². The van der Waals surface area contributed by atoms with Gasteiger partial charge in [0.25, 0.3) is 0 Å². The molecule has 1 unspecified atom stereocenters. The van der Waals surface area contributed by atoms with Gasteiger partial charge in [-0.15, -0.1) is 0 Å². The molecule has 2 nitrogen and oxygen atoms in total. The molecular formula is C20H41O2. The number of ether oxygens (including phenoxy) is 1. The molecule has 0 aromatic heterocycles. The van der Waals surface area contributed by atoms with Crippen molar-refractivity contribution in [2.24, 2.45) is 10.8 Å². The minimum Gasteiger partial charge on any atom is -0.349 e. The third kappa shape index (κ3) is 7.00. The Morgan fingerprint density at radius 3 is 1.73 bits per heavy atom. The largest absolute Gasteiger partial charge is 0.349 e. The van der Waals surface area contributed by atoms with Crippen molar-refractivity contribution >= 4 is 0 Å². The van der Waals surface area contributed by atoms with Crippen molar-refractivity contribution in [2.45, 2.75) is 112 Å². The molecule has 0 saturated heterocycles. The number of rotatable bonds is 14. The summed E-state index contributed by atoms with van der Waals surface area (Å²) in [5.74, 6) is 0. The predicted molar refractivity (Wildman–Crippen MR) is 95.5 cm³/mol. The minimum absolute atomic E-state index is 0.186. The highest BCUT2D eigenvalue weighted by Gasteiger charge is 2.32. The van der Waals surface area contributed by atoms with E-state index in [-0.39, 0.29) is 10.8 Å². The van der Waals surface area contributed by atoms with Gasteiger partial charge in [0.1, 0.15) is 0 Å². The standard InChI is InChI=1S/C20H41O2/c1-7-13-15-20(11-5,12-6)17-22-18(21)16-19(9-3,10-4)14-8-2/h18H,7-17H2,1-6H3. The average molecular weight is 314 g/mol. The second-order valence-electron chi connectivity index (χ2n) is 7.21. The molecule has 0 aromatic rings. The highest BCUT2D eigenvalue weighted by Crippen LogP contribution is 2.38. The van der Waals surface area contributed by atoms with E-state index < -0.39 is 6.29 Å². The van der Waals surface area contributed by atoms with Gasteiger partial charge in [-0.3, -0.25) is 0 Å². The van der Waals surface area contributed by atoms with Gasteiger partial charge in [-0.1, -0.05) is 73.6 Å². The Hall–Kier alpha value is -0.0800. The van der Waals surface area contributed by atoms with Crippen molar-refractivity contribution in [3.8, 4) is 0 Å². The van der Waals surface area contributed by atoms with Crippen LogP contribution in [0.25, 0.3) is 0 Å². The Kier molecular flexibility index (Phi) is 11.4. The first kappa shape index (κ1) is 21.9. The average Bonchev–Trinajstić information content (AvgIpc) is 2.55. The molecule has 0 heterocycles. The van der Waals surface area contributed by atoms with Crippen LogP contribution in [0.2, 0.25) is 0 Å². The van der Waals surface area contributed by atoms with Gasteiger partial charge in [0.05, 0.1) is 6.61 Å². The van der Waals surface area contributed by atoms with Gasteiger partial charge in [-0.25, -0.2) is 5.11 Å². The molecule has 0 spiro atoms. The van der Waals surface area contributed by atoms with E-state index >= 15 is 0 Å². The Labute approximate surface area is 140 Å². The summed E-state index contributed by atoms with van der Waals surface area (Å²) in [6.07, 6.45) is 10.1. The maximum absolute atomic E-state index is 12.5. The van der Waals surface area contributed by atoms with Crippen molar-refractivity contribution in [3.05, 3.63) is 0 Å². The summed E-state index contributed by atoms with van der Waals surface area (Å²) in [6, 6.07) is 0. The molecule has 0 fully saturated rings. The van der Waals surface area contributed by atoms with Crippen LogP contribution in [-0.2, 0) is 9.84 Å². The van der Waals surface area contributed by atoms with Crippen LogP contribution in [0.1, 0.15) is 106 Å². The van der Waals surface area contributed by atoms with Crippen molar-refractivity contribution in [1.82, 2.24) is 0 Å². The maximum atomic E-state index is 12.5. The van der Waals surface area contributed by atoms with Gasteiger partial charge in [0.2, 0.25) is 0 Å². The van der Waals surface area contributed by atoms with Crippen LogP contribution < -0.4 is 0 Å². The van der Waals surface area contributed by atoms with E-state index in [1.165, 1.54) is 19.3 Å². The fourth-order valence-corrected chi connectivity index (χ4v) is 3.64. The molecule has 1 radical (unpaired) electrons. The van der Waals surface area contributed by atoms with Crippen molar-refractivity contribution in [2.75, 3.05) is 6.61 Å². The fraction of sp³-hybridized carbons (Fsp3) is 1.00. The molecule has 0 rings (SSSR count). The van der Waals surface area contributed by atoms with Crippen LogP contribution in [-0.4, -0.2) is 12.9 Å². The molecule has 0 aliphatic heterocycles. The SMILES string of the molecule is CCCCC(CC)(CC)COC([O])CC(CC)(CC)CCC. The van der Waals surface area contributed by atoms with Gasteiger partial charge in [0, 0.05) is 6.42 Å². The Morgan fingerprint density at radius 2 is 1.32 bits per heavy atom. The summed E-state index contributed by atoms with van der Waals surface area (Å²) in [6.45, 7) is 14.0. The molecule has 0 aromatic carbocycles. The topological polar surface area (TPSA) is 29.1 Å². The lowest BCUT2D eigenvalue weighted by molar-refractivity contribution is -0.181. The predicted octanol–water partition coefficient (Wildman–Crippen LogP) is 6.75. The number of unbranched alkanes of at least 4 members (excludes halogenated alkanes) is 1. The molecule has 22 heavy (non-hydrogen) atoms. The second-order valence-corrected chi connectivity index (χ2v) is 7.21. The number of hydrogen-bond acceptors (Lipinski definition) is 1. The zero-order valence-electron chi connectivity index (χ0n) is 16.2. The summed E-state index contributed by atoms with van der Waals surface area (Å²) in [5, 5.41) is 12.5. The summed E-state index contributed by atoms with van der Waals surface area (Å²) in [5.41, 5.74) is 0.399. The third-order valence-electron chi connectivity index (χ3n) is 6.02. The minimum atomic E-state index is -0.856. The molecule has 0 aliphatic carbocycles. The van der Waals surface area contributed by atoms with Crippen LogP contribution in [0, 0.1) is 10.8 Å². The molecule has 2 heteroatoms. The monoisotopic (exact) mass is 313 g/mol. The fourth-order valence-electron chi connectivity index (χ4n) is 3.64. The molecule has 1 atom stereocenters. The summed E-state index contributed by atoms with van der Waals surface area (Å²) >= 11 is 0. The van der Waals surface area contributed by atoms with Gasteiger partial charge in [0.15, 0.2) is 6.29 Å². The lowest BCUT2D eigenvalue weighted by Crippen LogP contribution is -2.32. The Bertz CT molecular complexity index is 254. The van der Waals surface area contributed by atoms with Crippen LogP contribution in [0.5, 0.6) is 0 Å². The molecule has 0 N–H and O–H groups in total. The lowest BCUT2D eigenvalue weighted by Gasteiger charge is -2.35. The van der Waals surface area contributed by atoms with Crippen molar-refractivity contribution < 1.29 is 9.84 Å². The van der Waals surface area contributed by atoms with E-state index in [0.29, 0.717) is 13.0 Å². The van der Waals surface area contributed by atoms with Gasteiger partial charge in [-0.2, -0.15) is 0 Å². The first-order valence-electron chi connectivity index (χ1n) is 9.74. The Balaban J connectivity index is 4.58. The van der Waals surface area contributed by atoms with Crippen molar-refractivity contribution in [1.29, 1.82) is 0 Å². The quantitative estimate of drug-likeness (QED) is 0.326. The summed E-state index contributed by atoms with van der Waals surface area (Å²) in [4.78, 5) is 0. The zero-order chi connectivity index (χ0) is 17.1. The second kappa shape index (κ2) is 11.5. The van der Waals surface area contributed by atoms with Crippen LogP contribution >= 0.6 is 0 Å². The van der Waals surface area contributed by atoms with Crippen LogP contribution in [0.3, 0.4) is 0 Å². The van der Waals surface area contributed by atoms with Crippen molar-refractivity contribution in [3.63, 3.8) is 0 Å². The normalized spacial score (nSPS) is 14.3. The van der Waals surface area contributed by atoms with E-state index in [1.54, 1.807) is 0 Å². The third-order valence-corrected chi connectivity index (χ3v) is 6.02. The molecule has 133 valence electrons. The first-order chi connectivity index (χ1) is 10.5. The highest BCUT2D eigenvalue weighted by atomic mass is 16.6. The van der Waals surface area contributed by atoms with Crippen LogP contribution in [0.4, 0.5) is 0 Å². The van der Waals surface area contributed by atoms with Gasteiger partial charge < -0.3 is 4.74 Å². The first-order valence-corrected chi connectivity index (χ1v) is 9.74. The molecule has 0 amide bonds. The smallest absolute Gasteiger partial charge is 0.191 e. The zero-order valence-corrected chi connectivity index (χ0v) is 16.2.